The van der Waals surface area contributed by atoms with Crippen molar-refractivity contribution >= 4 is 17.1 Å². The summed E-state index contributed by atoms with van der Waals surface area (Å²) >= 11 is 1.65. The minimum atomic E-state index is 0.0368. The van der Waals surface area contributed by atoms with Crippen LogP contribution in [0, 0.1) is 12.8 Å². The van der Waals surface area contributed by atoms with Crippen molar-refractivity contribution in [2.24, 2.45) is 5.92 Å². The Labute approximate surface area is 143 Å². The van der Waals surface area contributed by atoms with E-state index in [1.807, 2.05) is 6.07 Å². The maximum absolute atomic E-state index is 13.0. The van der Waals surface area contributed by atoms with Crippen molar-refractivity contribution in [3.05, 3.63) is 40.4 Å². The van der Waals surface area contributed by atoms with E-state index >= 15 is 0 Å². The van der Waals surface area contributed by atoms with Crippen molar-refractivity contribution in [1.82, 2.24) is 4.98 Å². The number of hydrogen-bond acceptors (Lipinski definition) is 3. The fourth-order valence-corrected chi connectivity index (χ4v) is 4.28. The van der Waals surface area contributed by atoms with Gasteiger partial charge in [0.15, 0.2) is 5.78 Å². The maximum Gasteiger partial charge on any atom is 0.166 e. The van der Waals surface area contributed by atoms with Crippen LogP contribution in [0.2, 0.25) is 0 Å². The second-order valence-corrected chi connectivity index (χ2v) is 8.54. The van der Waals surface area contributed by atoms with Crippen molar-refractivity contribution in [2.45, 2.75) is 58.8 Å². The molecule has 1 saturated carbocycles. The quantitative estimate of drug-likeness (QED) is 0.668. The van der Waals surface area contributed by atoms with E-state index in [9.17, 15) is 4.79 Å². The van der Waals surface area contributed by atoms with Crippen LogP contribution in [-0.4, -0.2) is 10.8 Å². The van der Waals surface area contributed by atoms with E-state index in [2.05, 4.69) is 45.2 Å². The van der Waals surface area contributed by atoms with E-state index in [0.717, 1.165) is 40.2 Å². The van der Waals surface area contributed by atoms with Gasteiger partial charge in [0.2, 0.25) is 0 Å². The predicted molar refractivity (Wildman–Crippen MR) is 97.3 cm³/mol. The highest BCUT2D eigenvalue weighted by atomic mass is 32.1. The molecule has 1 aliphatic carbocycles. The van der Waals surface area contributed by atoms with Crippen LogP contribution in [0.15, 0.2) is 23.6 Å². The summed E-state index contributed by atoms with van der Waals surface area (Å²) in [4.78, 5) is 17.8. The minimum absolute atomic E-state index is 0.0368. The van der Waals surface area contributed by atoms with E-state index < -0.39 is 0 Å². The number of thiazole rings is 1. The molecule has 3 heteroatoms. The molecule has 2 nitrogen and oxygen atoms in total. The van der Waals surface area contributed by atoms with Crippen LogP contribution in [0.1, 0.15) is 68.1 Å². The van der Waals surface area contributed by atoms with Crippen LogP contribution in [0.3, 0.4) is 0 Å². The van der Waals surface area contributed by atoms with Crippen LogP contribution in [0.5, 0.6) is 0 Å². The Balaban J connectivity index is 2.02. The van der Waals surface area contributed by atoms with Crippen molar-refractivity contribution in [1.29, 1.82) is 0 Å². The fraction of sp³-hybridized carbons (Fsp3) is 0.500. The first-order valence-electron chi connectivity index (χ1n) is 8.47. The van der Waals surface area contributed by atoms with Crippen molar-refractivity contribution in [3.8, 4) is 10.6 Å². The molecule has 0 N–H and O–H groups in total. The number of aromatic nitrogens is 1. The zero-order valence-electron chi connectivity index (χ0n) is 14.5. The van der Waals surface area contributed by atoms with E-state index in [0.29, 0.717) is 5.78 Å². The highest BCUT2D eigenvalue weighted by Crippen LogP contribution is 2.35. The molecular weight excluding hydrogens is 302 g/mol. The standard InChI is InChI=1S/C20H25NOS/c1-13-9-10-15(19-21-17(12-23-19)20(2,3)4)16(11-13)18(22)14-7-5-6-8-14/h9-12,14H,5-8H2,1-4H3. The van der Waals surface area contributed by atoms with Crippen LogP contribution < -0.4 is 0 Å². The van der Waals surface area contributed by atoms with Crippen molar-refractivity contribution < 1.29 is 4.79 Å². The number of benzene rings is 1. The lowest BCUT2D eigenvalue weighted by Crippen LogP contribution is -2.13. The second-order valence-electron chi connectivity index (χ2n) is 7.68. The lowest BCUT2D eigenvalue weighted by atomic mass is 9.91. The molecule has 3 rings (SSSR count). The van der Waals surface area contributed by atoms with Gasteiger partial charge in [-0.1, -0.05) is 51.3 Å². The summed E-state index contributed by atoms with van der Waals surface area (Å²) < 4.78 is 0. The normalized spacial score (nSPS) is 16.0. The smallest absolute Gasteiger partial charge is 0.166 e. The maximum atomic E-state index is 13.0. The molecule has 0 atom stereocenters. The van der Waals surface area contributed by atoms with Gasteiger partial charge in [0.05, 0.1) is 5.69 Å². The molecule has 1 aromatic carbocycles. The Bertz CT molecular complexity index is 717. The van der Waals surface area contributed by atoms with Gasteiger partial charge in [-0.15, -0.1) is 11.3 Å². The van der Waals surface area contributed by atoms with E-state index in [1.165, 1.54) is 12.8 Å². The first-order chi connectivity index (χ1) is 10.9. The van der Waals surface area contributed by atoms with Crippen molar-refractivity contribution in [2.75, 3.05) is 0 Å². The van der Waals surface area contributed by atoms with Crippen molar-refractivity contribution in [3.63, 3.8) is 0 Å². The Morgan fingerprint density at radius 3 is 2.52 bits per heavy atom. The van der Waals surface area contributed by atoms with Crippen LogP contribution in [0.4, 0.5) is 0 Å². The van der Waals surface area contributed by atoms with Crippen LogP contribution in [-0.2, 0) is 5.41 Å². The first kappa shape index (κ1) is 16.4. The predicted octanol–water partition coefficient (Wildman–Crippen LogP) is 5.79. The van der Waals surface area contributed by atoms with Gasteiger partial charge in [-0.2, -0.15) is 0 Å². The van der Waals surface area contributed by atoms with E-state index in [4.69, 9.17) is 4.98 Å². The molecule has 1 heterocycles. The Morgan fingerprint density at radius 1 is 1.22 bits per heavy atom. The third-order valence-corrected chi connectivity index (χ3v) is 5.55. The average Bonchev–Trinajstić information content (AvgIpc) is 3.17. The summed E-state index contributed by atoms with van der Waals surface area (Å²) in [7, 11) is 0. The van der Waals surface area contributed by atoms with Gasteiger partial charge in [-0.3, -0.25) is 4.79 Å². The largest absolute Gasteiger partial charge is 0.294 e. The molecule has 2 aromatic rings. The Kier molecular flexibility index (Phi) is 4.41. The number of rotatable bonds is 3. The fourth-order valence-electron chi connectivity index (χ4n) is 3.20. The lowest BCUT2D eigenvalue weighted by Gasteiger charge is -2.15. The molecule has 0 spiro atoms. The number of ketones is 1. The van der Waals surface area contributed by atoms with Gasteiger partial charge in [0.25, 0.3) is 0 Å². The summed E-state index contributed by atoms with van der Waals surface area (Å²) in [5, 5.41) is 3.09. The lowest BCUT2D eigenvalue weighted by molar-refractivity contribution is 0.0923. The summed E-state index contributed by atoms with van der Waals surface area (Å²) in [6.07, 6.45) is 4.45. The van der Waals surface area contributed by atoms with E-state index in [1.54, 1.807) is 11.3 Å². The Hall–Kier alpha value is -1.48. The summed E-state index contributed by atoms with van der Waals surface area (Å²) in [6, 6.07) is 6.20. The van der Waals surface area contributed by atoms with Crippen LogP contribution >= 0.6 is 11.3 Å². The first-order valence-corrected chi connectivity index (χ1v) is 9.35. The molecule has 1 fully saturated rings. The number of Topliss-reactive ketones (excluding diaryl/α,β-unsaturated/α-hetero) is 1. The minimum Gasteiger partial charge on any atom is -0.294 e. The van der Waals surface area contributed by atoms with Gasteiger partial charge >= 0.3 is 0 Å². The summed E-state index contributed by atoms with van der Waals surface area (Å²) in [5.74, 6) is 0.520. The zero-order chi connectivity index (χ0) is 16.6. The van der Waals surface area contributed by atoms with Crippen LogP contribution in [0.25, 0.3) is 10.6 Å². The van der Waals surface area contributed by atoms with E-state index in [-0.39, 0.29) is 11.3 Å². The van der Waals surface area contributed by atoms with Gasteiger partial charge in [-0.25, -0.2) is 4.98 Å². The summed E-state index contributed by atoms with van der Waals surface area (Å²) in [6.45, 7) is 8.57. The topological polar surface area (TPSA) is 30.0 Å². The second kappa shape index (κ2) is 6.20. The highest BCUT2D eigenvalue weighted by molar-refractivity contribution is 7.13. The SMILES string of the molecule is Cc1ccc(-c2nc(C(C)(C)C)cs2)c(C(=O)C2CCCC2)c1. The third kappa shape index (κ3) is 3.40. The molecule has 1 aromatic heterocycles. The molecule has 0 radical (unpaired) electrons. The number of carbonyl (C=O) groups excluding carboxylic acids is 1. The van der Waals surface area contributed by atoms with Gasteiger partial charge in [-0.05, 0) is 25.8 Å². The monoisotopic (exact) mass is 327 g/mol. The number of carbonyl (C=O) groups is 1. The molecule has 23 heavy (non-hydrogen) atoms. The molecule has 122 valence electrons. The van der Waals surface area contributed by atoms with Gasteiger partial charge in [0.1, 0.15) is 5.01 Å². The summed E-state index contributed by atoms with van der Waals surface area (Å²) in [5.41, 5.74) is 4.15. The number of nitrogens with zero attached hydrogens (tertiary/aromatic N) is 1. The average molecular weight is 327 g/mol. The molecule has 0 bridgehead atoms. The number of hydrogen-bond donors (Lipinski definition) is 0. The number of aryl methyl sites for hydroxylation is 1. The zero-order valence-corrected chi connectivity index (χ0v) is 15.3. The molecule has 0 amide bonds. The molecule has 1 aliphatic rings. The van der Waals surface area contributed by atoms with Gasteiger partial charge in [0, 0.05) is 27.8 Å². The third-order valence-electron chi connectivity index (χ3n) is 4.67. The molecule has 0 unspecified atom stereocenters. The molecule has 0 saturated heterocycles. The van der Waals surface area contributed by atoms with Gasteiger partial charge < -0.3 is 0 Å². The highest BCUT2D eigenvalue weighted by Gasteiger charge is 2.27. The Morgan fingerprint density at radius 2 is 1.91 bits per heavy atom. The molecular formula is C20H25NOS. The molecule has 0 aliphatic heterocycles.